The van der Waals surface area contributed by atoms with E-state index in [4.69, 9.17) is 11.6 Å². The van der Waals surface area contributed by atoms with Gasteiger partial charge in [0.2, 0.25) is 6.41 Å². The summed E-state index contributed by atoms with van der Waals surface area (Å²) in [5, 5.41) is 6.65. The van der Waals surface area contributed by atoms with Crippen LogP contribution in [0.15, 0.2) is 59.7 Å². The zero-order valence-electron chi connectivity index (χ0n) is 11.4. The number of amides is 1. The van der Waals surface area contributed by atoms with Crippen LogP contribution in [-0.2, 0) is 4.79 Å². The number of benzene rings is 2. The third-order valence-corrected chi connectivity index (χ3v) is 3.93. The summed E-state index contributed by atoms with van der Waals surface area (Å²) in [4.78, 5) is 11.0. The molecule has 0 aromatic heterocycles. The maximum Gasteiger partial charge on any atom is 0.229 e. The summed E-state index contributed by atoms with van der Waals surface area (Å²) in [7, 11) is 0. The van der Waals surface area contributed by atoms with Crippen LogP contribution < -0.4 is 0 Å². The van der Waals surface area contributed by atoms with Gasteiger partial charge in [0.25, 0.3) is 0 Å². The van der Waals surface area contributed by atoms with Crippen LogP contribution in [0.4, 0.5) is 0 Å². The fourth-order valence-electron chi connectivity index (χ4n) is 2.62. The highest BCUT2D eigenvalue weighted by Gasteiger charge is 2.25. The molecule has 0 aliphatic carbocycles. The van der Waals surface area contributed by atoms with Crippen LogP contribution in [0.3, 0.4) is 0 Å². The monoisotopic (exact) mass is 298 g/mol. The lowest BCUT2D eigenvalue weighted by atomic mass is 9.86. The molecule has 1 amide bonds. The largest absolute Gasteiger partial charge is 0.277 e. The van der Waals surface area contributed by atoms with Crippen LogP contribution in [0.5, 0.6) is 0 Å². The fraction of sp³-hybridized carbons (Fsp3) is 0.176. The van der Waals surface area contributed by atoms with Crippen molar-refractivity contribution in [3.8, 4) is 0 Å². The second-order valence-electron chi connectivity index (χ2n) is 5.01. The molecule has 0 bridgehead atoms. The molecule has 0 saturated heterocycles. The molecule has 4 heteroatoms. The van der Waals surface area contributed by atoms with Crippen LogP contribution in [0, 0.1) is 0 Å². The van der Waals surface area contributed by atoms with Crippen LogP contribution in [0.25, 0.3) is 0 Å². The Morgan fingerprint density at radius 3 is 2.48 bits per heavy atom. The highest BCUT2D eigenvalue weighted by molar-refractivity contribution is 6.30. The number of nitrogens with zero attached hydrogens (tertiary/aromatic N) is 2. The van der Waals surface area contributed by atoms with Gasteiger partial charge in [-0.25, -0.2) is 5.01 Å². The standard InChI is InChI=1S/C17H15ClN2O/c18-15-8-6-14(7-9-15)17-16(10-11-20(12-21)19-17)13-4-2-1-3-5-13/h1-9,12,16H,10-11H2. The Morgan fingerprint density at radius 1 is 1.10 bits per heavy atom. The second kappa shape index (κ2) is 6.10. The van der Waals surface area contributed by atoms with Crippen molar-refractivity contribution in [2.24, 2.45) is 5.10 Å². The minimum atomic E-state index is 0.198. The van der Waals surface area contributed by atoms with Crippen LogP contribution in [0.2, 0.25) is 5.02 Å². The van der Waals surface area contributed by atoms with Gasteiger partial charge in [-0.2, -0.15) is 5.10 Å². The third-order valence-electron chi connectivity index (χ3n) is 3.68. The Hall–Kier alpha value is -2.13. The molecule has 2 aromatic rings. The van der Waals surface area contributed by atoms with Crippen molar-refractivity contribution >= 4 is 23.7 Å². The van der Waals surface area contributed by atoms with Crippen LogP contribution in [0.1, 0.15) is 23.5 Å². The molecule has 1 aliphatic rings. The minimum absolute atomic E-state index is 0.198. The first-order valence-corrected chi connectivity index (χ1v) is 7.27. The summed E-state index contributed by atoms with van der Waals surface area (Å²) >= 11 is 5.95. The van der Waals surface area contributed by atoms with E-state index in [2.05, 4.69) is 17.2 Å². The lowest BCUT2D eigenvalue weighted by Crippen LogP contribution is -2.30. The number of rotatable bonds is 3. The molecule has 1 unspecified atom stereocenters. The third kappa shape index (κ3) is 2.98. The molecule has 2 aromatic carbocycles. The van der Waals surface area contributed by atoms with Crippen molar-refractivity contribution in [3.63, 3.8) is 0 Å². The molecule has 106 valence electrons. The van der Waals surface area contributed by atoms with Gasteiger partial charge in [0.05, 0.1) is 5.71 Å². The van der Waals surface area contributed by atoms with Gasteiger partial charge in [0.1, 0.15) is 0 Å². The van der Waals surface area contributed by atoms with E-state index < -0.39 is 0 Å². The molecule has 0 spiro atoms. The summed E-state index contributed by atoms with van der Waals surface area (Å²) in [6.07, 6.45) is 1.64. The van der Waals surface area contributed by atoms with E-state index in [0.29, 0.717) is 11.6 Å². The number of hydrogen-bond acceptors (Lipinski definition) is 2. The smallest absolute Gasteiger partial charge is 0.229 e. The summed E-state index contributed by atoms with van der Waals surface area (Å²) in [5.74, 6) is 0.198. The first-order chi connectivity index (χ1) is 10.3. The zero-order valence-corrected chi connectivity index (χ0v) is 12.2. The molecule has 21 heavy (non-hydrogen) atoms. The average Bonchev–Trinajstić information content (AvgIpc) is 2.56. The van der Waals surface area contributed by atoms with Gasteiger partial charge in [-0.15, -0.1) is 0 Å². The van der Waals surface area contributed by atoms with Gasteiger partial charge in [0, 0.05) is 17.5 Å². The van der Waals surface area contributed by atoms with Gasteiger partial charge in [-0.05, 0) is 29.7 Å². The molecule has 1 heterocycles. The summed E-state index contributed by atoms with van der Waals surface area (Å²) in [6.45, 7) is 0.639. The lowest BCUT2D eigenvalue weighted by molar-refractivity contribution is -0.118. The Bertz CT molecular complexity index is 652. The average molecular weight is 299 g/mol. The maximum atomic E-state index is 11.0. The maximum absolute atomic E-state index is 11.0. The Labute approximate surface area is 128 Å². The van der Waals surface area contributed by atoms with Gasteiger partial charge < -0.3 is 0 Å². The van der Waals surface area contributed by atoms with Gasteiger partial charge in [-0.3, -0.25) is 4.79 Å². The van der Waals surface area contributed by atoms with Gasteiger partial charge >= 0.3 is 0 Å². The molecule has 0 fully saturated rings. The number of carbonyl (C=O) groups is 1. The van der Waals surface area contributed by atoms with E-state index >= 15 is 0 Å². The van der Waals surface area contributed by atoms with Crippen molar-refractivity contribution in [2.75, 3.05) is 6.54 Å². The summed E-state index contributed by atoms with van der Waals surface area (Å²) in [5.41, 5.74) is 3.13. The molecule has 3 nitrogen and oxygen atoms in total. The first-order valence-electron chi connectivity index (χ1n) is 6.89. The SMILES string of the molecule is O=CN1CCC(c2ccccc2)C(c2ccc(Cl)cc2)=N1. The molecule has 0 saturated carbocycles. The van der Waals surface area contributed by atoms with E-state index in [1.165, 1.54) is 10.6 Å². The summed E-state index contributed by atoms with van der Waals surface area (Å²) < 4.78 is 0. The Morgan fingerprint density at radius 2 is 1.81 bits per heavy atom. The first kappa shape index (κ1) is 13.8. The predicted octanol–water partition coefficient (Wildman–Crippen LogP) is 3.69. The molecule has 1 aliphatic heterocycles. The Kier molecular flexibility index (Phi) is 4.02. The topological polar surface area (TPSA) is 32.7 Å². The van der Waals surface area contributed by atoms with E-state index in [9.17, 15) is 4.79 Å². The number of halogens is 1. The minimum Gasteiger partial charge on any atom is -0.277 e. The van der Waals surface area contributed by atoms with Crippen LogP contribution >= 0.6 is 11.6 Å². The molecular formula is C17H15ClN2O. The highest BCUT2D eigenvalue weighted by atomic mass is 35.5. The Balaban J connectivity index is 2.03. The molecule has 1 atom stereocenters. The van der Waals surface area contributed by atoms with E-state index in [1.54, 1.807) is 0 Å². The van der Waals surface area contributed by atoms with Gasteiger partial charge in [-0.1, -0.05) is 54.1 Å². The normalized spacial score (nSPS) is 18.2. The van der Waals surface area contributed by atoms with Crippen molar-refractivity contribution in [2.45, 2.75) is 12.3 Å². The fourth-order valence-corrected chi connectivity index (χ4v) is 2.75. The predicted molar refractivity (Wildman–Crippen MR) is 84.6 cm³/mol. The van der Waals surface area contributed by atoms with E-state index in [-0.39, 0.29) is 5.92 Å². The number of carbonyl (C=O) groups excluding carboxylic acids is 1. The molecule has 3 rings (SSSR count). The van der Waals surface area contributed by atoms with Crippen molar-refractivity contribution in [3.05, 3.63) is 70.7 Å². The van der Waals surface area contributed by atoms with Crippen molar-refractivity contribution < 1.29 is 4.79 Å². The number of hydrazone groups is 1. The van der Waals surface area contributed by atoms with E-state index in [0.717, 1.165) is 24.1 Å². The van der Waals surface area contributed by atoms with Crippen molar-refractivity contribution in [1.82, 2.24) is 5.01 Å². The zero-order chi connectivity index (χ0) is 14.7. The van der Waals surface area contributed by atoms with Gasteiger partial charge in [0.15, 0.2) is 0 Å². The van der Waals surface area contributed by atoms with E-state index in [1.807, 2.05) is 42.5 Å². The summed E-state index contributed by atoms with van der Waals surface area (Å²) in [6, 6.07) is 17.9. The van der Waals surface area contributed by atoms with Crippen LogP contribution in [-0.4, -0.2) is 23.7 Å². The number of hydrogen-bond donors (Lipinski definition) is 0. The molecule has 0 N–H and O–H groups in total. The molecular weight excluding hydrogens is 284 g/mol. The lowest BCUT2D eigenvalue weighted by Gasteiger charge is -2.28. The second-order valence-corrected chi connectivity index (χ2v) is 5.45. The molecule has 0 radical (unpaired) electrons. The van der Waals surface area contributed by atoms with Crippen molar-refractivity contribution in [1.29, 1.82) is 0 Å². The highest BCUT2D eigenvalue weighted by Crippen LogP contribution is 2.29. The quantitative estimate of drug-likeness (QED) is 0.795.